The molecule has 6 nitrogen and oxygen atoms in total. The first-order chi connectivity index (χ1) is 14.0. The topological polar surface area (TPSA) is 52.6 Å². The van der Waals surface area contributed by atoms with E-state index in [1.807, 2.05) is 36.9 Å². The summed E-state index contributed by atoms with van der Waals surface area (Å²) in [6.45, 7) is 13.3. The van der Waals surface area contributed by atoms with Crippen LogP contribution in [0, 0.1) is 13.8 Å². The lowest BCUT2D eigenvalue weighted by atomic mass is 10.1. The lowest BCUT2D eigenvalue weighted by Crippen LogP contribution is -2.49. The molecule has 0 radical (unpaired) electrons. The first kappa shape index (κ1) is 21.1. The highest BCUT2D eigenvalue weighted by atomic mass is 16.2. The monoisotopic (exact) mass is 395 g/mol. The zero-order valence-electron chi connectivity index (χ0n) is 18.2. The zero-order valence-corrected chi connectivity index (χ0v) is 18.2. The maximum Gasteiger partial charge on any atom is 0.253 e. The van der Waals surface area contributed by atoms with Gasteiger partial charge in [-0.3, -0.25) is 4.79 Å². The molecule has 0 aliphatic carbocycles. The molecule has 1 aromatic heterocycles. The lowest BCUT2D eigenvalue weighted by Gasteiger charge is -2.35. The second kappa shape index (κ2) is 9.72. The molecule has 2 aromatic rings. The number of piperazine rings is 1. The smallest absolute Gasteiger partial charge is 0.253 e. The van der Waals surface area contributed by atoms with Gasteiger partial charge in [0, 0.05) is 62.3 Å². The Kier molecular flexibility index (Phi) is 7.07. The van der Waals surface area contributed by atoms with Crippen molar-refractivity contribution in [2.75, 3.05) is 49.1 Å². The molecule has 1 aliphatic rings. The molecule has 0 N–H and O–H groups in total. The van der Waals surface area contributed by atoms with Gasteiger partial charge >= 0.3 is 0 Å². The van der Waals surface area contributed by atoms with Gasteiger partial charge in [-0.15, -0.1) is 0 Å². The predicted octanol–water partition coefficient (Wildman–Crippen LogP) is 3.68. The van der Waals surface area contributed by atoms with Crippen LogP contribution in [0.2, 0.25) is 0 Å². The van der Waals surface area contributed by atoms with Crippen molar-refractivity contribution < 1.29 is 4.79 Å². The van der Waals surface area contributed by atoms with Gasteiger partial charge in [0.15, 0.2) is 0 Å². The molecule has 1 aromatic carbocycles. The van der Waals surface area contributed by atoms with Crippen LogP contribution < -0.4 is 9.80 Å². The van der Waals surface area contributed by atoms with Crippen LogP contribution in [-0.4, -0.2) is 60.0 Å². The van der Waals surface area contributed by atoms with Crippen LogP contribution in [0.15, 0.2) is 30.3 Å². The third kappa shape index (κ3) is 5.25. The molecule has 2 heterocycles. The molecule has 6 heteroatoms. The van der Waals surface area contributed by atoms with Gasteiger partial charge < -0.3 is 14.7 Å². The van der Waals surface area contributed by atoms with E-state index in [0.29, 0.717) is 13.1 Å². The molecule has 0 unspecified atom stereocenters. The highest BCUT2D eigenvalue weighted by Crippen LogP contribution is 2.19. The third-order valence-electron chi connectivity index (χ3n) is 5.49. The Balaban J connectivity index is 1.60. The van der Waals surface area contributed by atoms with Crippen LogP contribution in [-0.2, 0) is 0 Å². The molecule has 3 rings (SSSR count). The van der Waals surface area contributed by atoms with E-state index in [-0.39, 0.29) is 5.91 Å². The number of aromatic nitrogens is 2. The zero-order chi connectivity index (χ0) is 20.8. The van der Waals surface area contributed by atoms with Crippen molar-refractivity contribution in [2.45, 2.75) is 40.5 Å². The number of nitrogens with zero attached hydrogens (tertiary/aromatic N) is 5. The Morgan fingerprint density at radius 1 is 1.03 bits per heavy atom. The molecule has 1 aliphatic heterocycles. The number of carbonyl (C=O) groups excluding carboxylic acids is 1. The number of hydrogen-bond acceptors (Lipinski definition) is 5. The summed E-state index contributed by atoms with van der Waals surface area (Å²) in [7, 11) is 0. The van der Waals surface area contributed by atoms with Crippen molar-refractivity contribution in [1.29, 1.82) is 0 Å². The number of anilines is 2. The Labute approximate surface area is 174 Å². The summed E-state index contributed by atoms with van der Waals surface area (Å²) in [4.78, 5) is 28.4. The first-order valence-corrected chi connectivity index (χ1v) is 10.7. The van der Waals surface area contributed by atoms with Crippen molar-refractivity contribution in [3.8, 4) is 0 Å². The van der Waals surface area contributed by atoms with Gasteiger partial charge in [0.05, 0.1) is 0 Å². The van der Waals surface area contributed by atoms with Crippen LogP contribution in [0.25, 0.3) is 0 Å². The first-order valence-electron chi connectivity index (χ1n) is 10.7. The molecule has 29 heavy (non-hydrogen) atoms. The maximum atomic E-state index is 12.9. The Bertz CT molecular complexity index is 792. The van der Waals surface area contributed by atoms with Gasteiger partial charge in [0.2, 0.25) is 0 Å². The second-order valence-corrected chi connectivity index (χ2v) is 7.67. The van der Waals surface area contributed by atoms with E-state index in [1.165, 1.54) is 18.5 Å². The Morgan fingerprint density at radius 2 is 1.72 bits per heavy atom. The summed E-state index contributed by atoms with van der Waals surface area (Å²) >= 11 is 0. The molecular formula is C23H33N5O. The highest BCUT2D eigenvalue weighted by Gasteiger charge is 2.23. The SMILES string of the molecule is CCCCN(CC)c1ccc(C(=O)N2CCN(c3cc(C)nc(C)n3)CC2)cc1. The summed E-state index contributed by atoms with van der Waals surface area (Å²) in [5, 5.41) is 0. The molecule has 1 fully saturated rings. The summed E-state index contributed by atoms with van der Waals surface area (Å²) in [6, 6.07) is 10.1. The van der Waals surface area contributed by atoms with Crippen LogP contribution in [0.5, 0.6) is 0 Å². The van der Waals surface area contributed by atoms with Crippen LogP contribution in [0.4, 0.5) is 11.5 Å². The van der Waals surface area contributed by atoms with E-state index < -0.39 is 0 Å². The largest absolute Gasteiger partial charge is 0.372 e. The summed E-state index contributed by atoms with van der Waals surface area (Å²) in [5.74, 6) is 1.86. The van der Waals surface area contributed by atoms with Crippen molar-refractivity contribution in [1.82, 2.24) is 14.9 Å². The minimum absolute atomic E-state index is 0.114. The van der Waals surface area contributed by atoms with E-state index >= 15 is 0 Å². The van der Waals surface area contributed by atoms with E-state index in [0.717, 1.165) is 49.1 Å². The van der Waals surface area contributed by atoms with Gasteiger partial charge in [0.25, 0.3) is 5.91 Å². The second-order valence-electron chi connectivity index (χ2n) is 7.67. The van der Waals surface area contributed by atoms with Crippen LogP contribution in [0.1, 0.15) is 48.6 Å². The van der Waals surface area contributed by atoms with E-state index in [1.54, 1.807) is 0 Å². The minimum atomic E-state index is 0.114. The Hall–Kier alpha value is -2.63. The van der Waals surface area contributed by atoms with Crippen molar-refractivity contribution >= 4 is 17.4 Å². The Morgan fingerprint density at radius 3 is 2.31 bits per heavy atom. The average Bonchev–Trinajstić information content (AvgIpc) is 2.73. The molecule has 1 amide bonds. The molecular weight excluding hydrogens is 362 g/mol. The van der Waals surface area contributed by atoms with E-state index in [4.69, 9.17) is 0 Å². The van der Waals surface area contributed by atoms with Gasteiger partial charge in [-0.1, -0.05) is 13.3 Å². The van der Waals surface area contributed by atoms with E-state index in [9.17, 15) is 4.79 Å². The molecule has 0 atom stereocenters. The number of aryl methyl sites for hydroxylation is 2. The van der Waals surface area contributed by atoms with E-state index in [2.05, 4.69) is 45.7 Å². The highest BCUT2D eigenvalue weighted by molar-refractivity contribution is 5.94. The summed E-state index contributed by atoms with van der Waals surface area (Å²) in [6.07, 6.45) is 2.37. The summed E-state index contributed by atoms with van der Waals surface area (Å²) in [5.41, 5.74) is 2.94. The van der Waals surface area contributed by atoms with Crippen molar-refractivity contribution in [2.24, 2.45) is 0 Å². The summed E-state index contributed by atoms with van der Waals surface area (Å²) < 4.78 is 0. The standard InChI is InChI=1S/C23H33N5O/c1-5-7-12-26(6-2)21-10-8-20(9-11-21)23(29)28-15-13-27(14-16-28)22-17-18(3)24-19(4)25-22/h8-11,17H,5-7,12-16H2,1-4H3. The van der Waals surface area contributed by atoms with Gasteiger partial charge in [-0.05, 0) is 51.5 Å². The minimum Gasteiger partial charge on any atom is -0.372 e. The fourth-order valence-corrected chi connectivity index (χ4v) is 3.81. The number of carbonyl (C=O) groups is 1. The number of rotatable bonds is 7. The van der Waals surface area contributed by atoms with Gasteiger partial charge in [0.1, 0.15) is 11.6 Å². The average molecular weight is 396 g/mol. The molecule has 0 saturated carbocycles. The number of hydrogen-bond donors (Lipinski definition) is 0. The molecule has 1 saturated heterocycles. The number of amides is 1. The fraction of sp³-hybridized carbons (Fsp3) is 0.522. The van der Waals surface area contributed by atoms with Crippen molar-refractivity contribution in [3.63, 3.8) is 0 Å². The maximum absolute atomic E-state index is 12.9. The predicted molar refractivity (Wildman–Crippen MR) is 119 cm³/mol. The molecule has 0 spiro atoms. The van der Waals surface area contributed by atoms with Crippen molar-refractivity contribution in [3.05, 3.63) is 47.4 Å². The molecule has 156 valence electrons. The normalized spacial score (nSPS) is 14.2. The third-order valence-corrected chi connectivity index (χ3v) is 5.49. The van der Waals surface area contributed by atoms with Gasteiger partial charge in [-0.2, -0.15) is 0 Å². The van der Waals surface area contributed by atoms with Crippen LogP contribution in [0.3, 0.4) is 0 Å². The fourth-order valence-electron chi connectivity index (χ4n) is 3.81. The number of unbranched alkanes of at least 4 members (excludes halogenated alkanes) is 1. The van der Waals surface area contributed by atoms with Crippen LogP contribution >= 0.6 is 0 Å². The quantitative estimate of drug-likeness (QED) is 0.716. The van der Waals surface area contributed by atoms with Gasteiger partial charge in [-0.25, -0.2) is 9.97 Å². The number of benzene rings is 1. The molecule has 0 bridgehead atoms. The lowest BCUT2D eigenvalue weighted by molar-refractivity contribution is 0.0746.